The molecule has 1 aliphatic carbocycles. The van der Waals surface area contributed by atoms with Crippen LogP contribution in [0.15, 0.2) is 12.2 Å². The van der Waals surface area contributed by atoms with Crippen molar-refractivity contribution in [3.05, 3.63) is 12.2 Å². The molecule has 0 saturated carbocycles. The molecule has 4 nitrogen and oxygen atoms in total. The smallest absolute Gasteiger partial charge is 0.155 e. The quantitative estimate of drug-likeness (QED) is 0.619. The van der Waals surface area contributed by atoms with Crippen LogP contribution >= 0.6 is 0 Å². The van der Waals surface area contributed by atoms with Crippen LogP contribution in [0.1, 0.15) is 6.42 Å². The van der Waals surface area contributed by atoms with E-state index in [-0.39, 0.29) is 6.10 Å². The number of hydrogen-bond acceptors (Lipinski definition) is 4. The van der Waals surface area contributed by atoms with Crippen LogP contribution in [0.5, 0.6) is 0 Å². The molecule has 3 rings (SSSR count). The Kier molecular flexibility index (Phi) is 2.52. The molecule has 2 aliphatic heterocycles. The number of hydrogen-bond donors (Lipinski definition) is 1. The molecule has 2 fully saturated rings. The molecule has 15 heavy (non-hydrogen) atoms. The Bertz CT molecular complexity index is 263. The van der Waals surface area contributed by atoms with Crippen LogP contribution < -0.4 is 0 Å². The second kappa shape index (κ2) is 3.87. The summed E-state index contributed by atoms with van der Waals surface area (Å²) in [7, 11) is 0. The van der Waals surface area contributed by atoms with E-state index in [0.717, 1.165) is 32.7 Å². The van der Waals surface area contributed by atoms with Gasteiger partial charge in [-0.3, -0.25) is 4.90 Å². The van der Waals surface area contributed by atoms with Crippen molar-refractivity contribution in [3.8, 4) is 0 Å². The van der Waals surface area contributed by atoms with E-state index in [1.54, 1.807) is 0 Å². The van der Waals surface area contributed by atoms with Gasteiger partial charge in [0.2, 0.25) is 0 Å². The summed E-state index contributed by atoms with van der Waals surface area (Å²) in [6.07, 6.45) is 4.66. The molecule has 0 spiro atoms. The number of aliphatic hydroxyl groups excluding tert-OH is 1. The predicted molar refractivity (Wildman–Crippen MR) is 54.3 cm³/mol. The van der Waals surface area contributed by atoms with Gasteiger partial charge in [0.25, 0.3) is 0 Å². The minimum Gasteiger partial charge on any atom is -0.379 e. The maximum Gasteiger partial charge on any atom is 0.155 e. The Morgan fingerprint density at radius 1 is 1.20 bits per heavy atom. The number of rotatable bonds is 1. The van der Waals surface area contributed by atoms with E-state index < -0.39 is 6.29 Å². The lowest BCUT2D eigenvalue weighted by Gasteiger charge is -2.34. The van der Waals surface area contributed by atoms with E-state index in [1.165, 1.54) is 0 Å². The van der Waals surface area contributed by atoms with Crippen LogP contribution in [-0.4, -0.2) is 54.7 Å². The van der Waals surface area contributed by atoms with Gasteiger partial charge >= 0.3 is 0 Å². The minimum atomic E-state index is -0.562. The van der Waals surface area contributed by atoms with E-state index in [0.29, 0.717) is 12.0 Å². The first-order valence-electron chi connectivity index (χ1n) is 5.68. The molecule has 84 valence electrons. The number of fused-ring (bicyclic) bond motifs is 1. The second-order valence-corrected chi connectivity index (χ2v) is 4.48. The van der Waals surface area contributed by atoms with Gasteiger partial charge in [0, 0.05) is 31.5 Å². The summed E-state index contributed by atoms with van der Waals surface area (Å²) in [5.74, 6) is 0.443. The zero-order valence-electron chi connectivity index (χ0n) is 8.71. The molecule has 1 unspecified atom stereocenters. The maximum atomic E-state index is 9.45. The summed E-state index contributed by atoms with van der Waals surface area (Å²) in [4.78, 5) is 2.44. The number of aliphatic hydroxyl groups is 1. The summed E-state index contributed by atoms with van der Waals surface area (Å²) in [5, 5.41) is 9.45. The third-order valence-corrected chi connectivity index (χ3v) is 3.61. The Hall–Kier alpha value is -0.420. The van der Waals surface area contributed by atoms with E-state index in [1.807, 2.05) is 0 Å². The zero-order valence-corrected chi connectivity index (χ0v) is 8.71. The standard InChI is InChI=1S/C11H17NO3/c13-11-7-8-9(1-2-10(8)15-11)12-3-5-14-6-4-12/h1-2,8-11,13H,3-7H2/t8-,9+,10+,11?/m0/s1. The molecule has 3 aliphatic rings. The monoisotopic (exact) mass is 211 g/mol. The van der Waals surface area contributed by atoms with Crippen molar-refractivity contribution in [1.29, 1.82) is 0 Å². The fourth-order valence-electron chi connectivity index (χ4n) is 2.86. The van der Waals surface area contributed by atoms with E-state index in [9.17, 15) is 5.11 Å². The normalized spacial score (nSPS) is 45.9. The van der Waals surface area contributed by atoms with Crippen molar-refractivity contribution in [3.63, 3.8) is 0 Å². The Morgan fingerprint density at radius 2 is 2.00 bits per heavy atom. The largest absolute Gasteiger partial charge is 0.379 e. The van der Waals surface area contributed by atoms with Gasteiger partial charge < -0.3 is 14.6 Å². The van der Waals surface area contributed by atoms with Gasteiger partial charge in [-0.25, -0.2) is 0 Å². The molecular weight excluding hydrogens is 194 g/mol. The van der Waals surface area contributed by atoms with Gasteiger partial charge in [0.1, 0.15) is 0 Å². The highest BCUT2D eigenvalue weighted by Crippen LogP contribution is 2.36. The van der Waals surface area contributed by atoms with Crippen LogP contribution in [-0.2, 0) is 9.47 Å². The lowest BCUT2D eigenvalue weighted by atomic mass is 9.97. The molecule has 1 N–H and O–H groups in total. The first-order chi connectivity index (χ1) is 7.34. The molecule has 4 heteroatoms. The third-order valence-electron chi connectivity index (χ3n) is 3.61. The highest BCUT2D eigenvalue weighted by molar-refractivity contribution is 5.15. The van der Waals surface area contributed by atoms with Crippen molar-refractivity contribution < 1.29 is 14.6 Å². The van der Waals surface area contributed by atoms with Gasteiger partial charge in [-0.05, 0) is 0 Å². The van der Waals surface area contributed by atoms with Crippen LogP contribution in [0, 0.1) is 5.92 Å². The average Bonchev–Trinajstić information content (AvgIpc) is 2.77. The molecule has 0 aromatic rings. The van der Waals surface area contributed by atoms with Gasteiger partial charge in [-0.15, -0.1) is 0 Å². The summed E-state index contributed by atoms with van der Waals surface area (Å²) in [6, 6.07) is 0.441. The molecule has 0 amide bonds. The molecular formula is C11H17NO3. The summed E-state index contributed by atoms with van der Waals surface area (Å²) in [6.45, 7) is 3.64. The molecule has 0 radical (unpaired) electrons. The summed E-state index contributed by atoms with van der Waals surface area (Å²) in [5.41, 5.74) is 0. The maximum absolute atomic E-state index is 9.45. The Morgan fingerprint density at radius 3 is 2.80 bits per heavy atom. The van der Waals surface area contributed by atoms with Crippen LogP contribution in [0.4, 0.5) is 0 Å². The van der Waals surface area contributed by atoms with Crippen LogP contribution in [0.3, 0.4) is 0 Å². The molecule has 0 aromatic heterocycles. The first kappa shape index (κ1) is 9.78. The Labute approximate surface area is 89.5 Å². The van der Waals surface area contributed by atoms with Gasteiger partial charge in [-0.2, -0.15) is 0 Å². The van der Waals surface area contributed by atoms with Gasteiger partial charge in [0.15, 0.2) is 6.29 Å². The lowest BCUT2D eigenvalue weighted by Crippen LogP contribution is -2.45. The number of nitrogens with zero attached hydrogens (tertiary/aromatic N) is 1. The van der Waals surface area contributed by atoms with Crippen molar-refractivity contribution in [1.82, 2.24) is 4.90 Å². The minimum absolute atomic E-state index is 0.132. The van der Waals surface area contributed by atoms with Gasteiger partial charge in [-0.1, -0.05) is 12.2 Å². The predicted octanol–water partition coefficient (Wildman–Crippen LogP) is -0.0195. The second-order valence-electron chi connectivity index (χ2n) is 4.48. The topological polar surface area (TPSA) is 41.9 Å². The van der Waals surface area contributed by atoms with Crippen molar-refractivity contribution in [2.24, 2.45) is 5.92 Å². The fraction of sp³-hybridized carbons (Fsp3) is 0.818. The van der Waals surface area contributed by atoms with Crippen LogP contribution in [0.2, 0.25) is 0 Å². The number of morpholine rings is 1. The molecule has 4 atom stereocenters. The van der Waals surface area contributed by atoms with Crippen LogP contribution in [0.25, 0.3) is 0 Å². The molecule has 0 bridgehead atoms. The van der Waals surface area contributed by atoms with Crippen molar-refractivity contribution >= 4 is 0 Å². The SMILES string of the molecule is OC1C[C@H]2[C@H](N3CCOCC3)C=C[C@H]2O1. The highest BCUT2D eigenvalue weighted by Gasteiger charge is 2.42. The van der Waals surface area contributed by atoms with Crippen molar-refractivity contribution in [2.45, 2.75) is 24.9 Å². The summed E-state index contributed by atoms with van der Waals surface area (Å²) < 4.78 is 10.8. The third kappa shape index (κ3) is 1.72. The van der Waals surface area contributed by atoms with Crippen molar-refractivity contribution in [2.75, 3.05) is 26.3 Å². The van der Waals surface area contributed by atoms with Gasteiger partial charge in [0.05, 0.1) is 19.3 Å². The van der Waals surface area contributed by atoms with E-state index >= 15 is 0 Å². The molecule has 0 aromatic carbocycles. The first-order valence-corrected chi connectivity index (χ1v) is 5.68. The van der Waals surface area contributed by atoms with E-state index in [4.69, 9.17) is 9.47 Å². The number of ether oxygens (including phenoxy) is 2. The molecule has 2 heterocycles. The molecule has 2 saturated heterocycles. The summed E-state index contributed by atoms with van der Waals surface area (Å²) >= 11 is 0. The lowest BCUT2D eigenvalue weighted by molar-refractivity contribution is -0.0786. The van der Waals surface area contributed by atoms with E-state index in [2.05, 4.69) is 17.1 Å². The average molecular weight is 211 g/mol. The highest BCUT2D eigenvalue weighted by atomic mass is 16.6. The Balaban J connectivity index is 1.69. The fourth-order valence-corrected chi connectivity index (χ4v) is 2.86. The zero-order chi connectivity index (χ0) is 10.3.